The lowest BCUT2D eigenvalue weighted by Crippen LogP contribution is -2.58. The molecule has 3 amide bonds. The highest BCUT2D eigenvalue weighted by molar-refractivity contribution is 5.94. The summed E-state index contributed by atoms with van der Waals surface area (Å²) >= 11 is 0. The molecule has 0 aromatic rings. The zero-order valence-electron chi connectivity index (χ0n) is 21.4. The quantitative estimate of drug-likeness (QED) is 0.0480. The first kappa shape index (κ1) is 33.5. The third-order valence-corrected chi connectivity index (χ3v) is 5.67. The first-order valence-corrected chi connectivity index (χ1v) is 12.2. The molecule has 0 heterocycles. The van der Waals surface area contributed by atoms with Crippen molar-refractivity contribution in [2.24, 2.45) is 33.8 Å². The molecule has 15 nitrogen and oxygen atoms in total. The molecule has 5 atom stereocenters. The van der Waals surface area contributed by atoms with Gasteiger partial charge in [0.25, 0.3) is 0 Å². The Hall–Kier alpha value is -3.46. The maximum absolute atomic E-state index is 13.2. The number of nitrogens with one attached hydrogen (secondary N) is 3. The number of guanidine groups is 1. The van der Waals surface area contributed by atoms with E-state index in [2.05, 4.69) is 20.9 Å². The Kier molecular flexibility index (Phi) is 16.2. The molecule has 13 N–H and O–H groups in total. The highest BCUT2D eigenvalue weighted by Gasteiger charge is 2.32. The van der Waals surface area contributed by atoms with Gasteiger partial charge in [-0.3, -0.25) is 24.2 Å². The van der Waals surface area contributed by atoms with Crippen molar-refractivity contribution in [1.29, 1.82) is 0 Å². The fraction of sp³-hybridized carbons (Fsp3) is 0.727. The van der Waals surface area contributed by atoms with E-state index in [0.29, 0.717) is 32.2 Å². The fourth-order valence-corrected chi connectivity index (χ4v) is 3.28. The summed E-state index contributed by atoms with van der Waals surface area (Å²) in [7, 11) is 0. The number of carbonyl (C=O) groups is 5. The van der Waals surface area contributed by atoms with Crippen molar-refractivity contribution in [3.05, 3.63) is 0 Å². The third kappa shape index (κ3) is 14.0. The van der Waals surface area contributed by atoms with Gasteiger partial charge in [0.15, 0.2) is 5.96 Å². The van der Waals surface area contributed by atoms with Crippen LogP contribution >= 0.6 is 0 Å². The summed E-state index contributed by atoms with van der Waals surface area (Å²) in [5.74, 6) is -5.43. The maximum Gasteiger partial charge on any atom is 0.326 e. The summed E-state index contributed by atoms with van der Waals surface area (Å²) in [4.78, 5) is 64.7. The van der Waals surface area contributed by atoms with E-state index < -0.39 is 60.2 Å². The van der Waals surface area contributed by atoms with E-state index in [1.54, 1.807) is 6.92 Å². The van der Waals surface area contributed by atoms with Crippen LogP contribution in [0.5, 0.6) is 0 Å². The molecule has 0 aromatic heterocycles. The van der Waals surface area contributed by atoms with Gasteiger partial charge in [0.1, 0.15) is 18.1 Å². The smallest absolute Gasteiger partial charge is 0.326 e. The Morgan fingerprint density at radius 2 is 1.49 bits per heavy atom. The number of unbranched alkanes of at least 4 members (excludes halogenated alkanes) is 1. The standard InChI is InChI=1S/C22H42N8O7/c1-3-12(2)17(30-18(33)13(24)7-6-10-27-22(25)26)20(35)28-14(8-4-5-9-23)19(34)29-15(21(36)37)11-16(31)32/h12-15,17H,3-11,23-24H2,1-2H3,(H,28,35)(H,29,34)(H,30,33)(H,31,32)(H,36,37)(H4,25,26,27). The molecule has 0 bridgehead atoms. The maximum atomic E-state index is 13.2. The Morgan fingerprint density at radius 3 is 2.00 bits per heavy atom. The number of carboxylic acid groups (broad SMARTS) is 2. The molecule has 0 saturated heterocycles. The van der Waals surface area contributed by atoms with Gasteiger partial charge in [-0.25, -0.2) is 4.79 Å². The van der Waals surface area contributed by atoms with Crippen LogP contribution in [0.3, 0.4) is 0 Å². The number of hydrogen-bond acceptors (Lipinski definition) is 8. The summed E-state index contributed by atoms with van der Waals surface area (Å²) < 4.78 is 0. The van der Waals surface area contributed by atoms with Crippen molar-refractivity contribution in [3.63, 3.8) is 0 Å². The van der Waals surface area contributed by atoms with E-state index in [-0.39, 0.29) is 31.3 Å². The van der Waals surface area contributed by atoms with Crippen LogP contribution in [0.1, 0.15) is 58.8 Å². The number of nitrogens with two attached hydrogens (primary N) is 4. The van der Waals surface area contributed by atoms with Gasteiger partial charge in [0.2, 0.25) is 17.7 Å². The number of carbonyl (C=O) groups excluding carboxylic acids is 3. The minimum atomic E-state index is -1.68. The lowest BCUT2D eigenvalue weighted by atomic mass is 9.96. The van der Waals surface area contributed by atoms with E-state index in [0.717, 1.165) is 0 Å². The number of nitrogens with zero attached hydrogens (tertiary/aromatic N) is 1. The van der Waals surface area contributed by atoms with Crippen molar-refractivity contribution in [1.82, 2.24) is 16.0 Å². The molecular weight excluding hydrogens is 488 g/mol. The zero-order chi connectivity index (χ0) is 28.5. The summed E-state index contributed by atoms with van der Waals surface area (Å²) in [6, 6.07) is -4.81. The topological polar surface area (TPSA) is 278 Å². The predicted molar refractivity (Wildman–Crippen MR) is 136 cm³/mol. The Labute approximate surface area is 216 Å². The van der Waals surface area contributed by atoms with Crippen LogP contribution in [0.25, 0.3) is 0 Å². The molecule has 0 aliphatic carbocycles. The van der Waals surface area contributed by atoms with Crippen LogP contribution in [0.4, 0.5) is 0 Å². The van der Waals surface area contributed by atoms with Gasteiger partial charge >= 0.3 is 11.9 Å². The van der Waals surface area contributed by atoms with Crippen LogP contribution in [0, 0.1) is 5.92 Å². The average Bonchev–Trinajstić information content (AvgIpc) is 2.82. The molecule has 5 unspecified atom stereocenters. The van der Waals surface area contributed by atoms with Crippen LogP contribution in [0.2, 0.25) is 0 Å². The van der Waals surface area contributed by atoms with E-state index in [1.165, 1.54) is 0 Å². The van der Waals surface area contributed by atoms with E-state index >= 15 is 0 Å². The molecule has 0 saturated carbocycles. The lowest BCUT2D eigenvalue weighted by molar-refractivity contribution is -0.147. The molecule has 0 radical (unpaired) electrons. The predicted octanol–water partition coefficient (Wildman–Crippen LogP) is -2.44. The van der Waals surface area contributed by atoms with Crippen molar-refractivity contribution in [2.45, 2.75) is 83.0 Å². The van der Waals surface area contributed by atoms with Gasteiger partial charge in [-0.1, -0.05) is 20.3 Å². The van der Waals surface area contributed by atoms with Gasteiger partial charge in [-0.15, -0.1) is 0 Å². The fourth-order valence-electron chi connectivity index (χ4n) is 3.28. The Morgan fingerprint density at radius 1 is 0.865 bits per heavy atom. The van der Waals surface area contributed by atoms with E-state index in [4.69, 9.17) is 28.0 Å². The molecular formula is C22H42N8O7. The molecule has 15 heteroatoms. The SMILES string of the molecule is CCC(C)C(NC(=O)C(N)CCCN=C(N)N)C(=O)NC(CCCCN)C(=O)NC(CC(=O)O)C(=O)O. The normalized spacial score (nSPS) is 14.8. The van der Waals surface area contributed by atoms with Crippen molar-refractivity contribution in [3.8, 4) is 0 Å². The number of carboxylic acids is 2. The summed E-state index contributed by atoms with van der Waals surface area (Å²) in [5.41, 5.74) is 22.0. The summed E-state index contributed by atoms with van der Waals surface area (Å²) in [6.07, 6.45) is 1.49. The van der Waals surface area contributed by atoms with Crippen LogP contribution in [0.15, 0.2) is 4.99 Å². The highest BCUT2D eigenvalue weighted by Crippen LogP contribution is 2.11. The Bertz CT molecular complexity index is 804. The van der Waals surface area contributed by atoms with Crippen LogP contribution in [-0.2, 0) is 24.0 Å². The first-order valence-electron chi connectivity index (χ1n) is 12.2. The number of amides is 3. The van der Waals surface area contributed by atoms with Crippen molar-refractivity contribution >= 4 is 35.6 Å². The molecule has 0 fully saturated rings. The second-order valence-corrected chi connectivity index (χ2v) is 8.77. The Balaban J connectivity index is 5.49. The number of rotatable bonds is 19. The minimum Gasteiger partial charge on any atom is -0.481 e. The van der Waals surface area contributed by atoms with Gasteiger partial charge in [-0.05, 0) is 44.6 Å². The minimum absolute atomic E-state index is 0.0748. The number of aliphatic imine (C=N–C) groups is 1. The van der Waals surface area contributed by atoms with E-state index in [1.807, 2.05) is 6.92 Å². The second kappa shape index (κ2) is 17.9. The van der Waals surface area contributed by atoms with Crippen molar-refractivity contribution in [2.75, 3.05) is 13.1 Å². The molecule has 37 heavy (non-hydrogen) atoms. The average molecular weight is 531 g/mol. The molecule has 0 rings (SSSR count). The molecule has 0 spiro atoms. The zero-order valence-corrected chi connectivity index (χ0v) is 21.4. The summed E-state index contributed by atoms with van der Waals surface area (Å²) in [6.45, 7) is 4.19. The number of hydrogen-bond donors (Lipinski definition) is 9. The van der Waals surface area contributed by atoms with Crippen LogP contribution in [-0.4, -0.2) is 83.1 Å². The molecule has 0 aliphatic heterocycles. The first-order chi connectivity index (χ1) is 17.3. The largest absolute Gasteiger partial charge is 0.481 e. The monoisotopic (exact) mass is 530 g/mol. The summed E-state index contributed by atoms with van der Waals surface area (Å²) in [5, 5.41) is 25.5. The van der Waals surface area contributed by atoms with E-state index in [9.17, 15) is 29.1 Å². The van der Waals surface area contributed by atoms with Gasteiger partial charge < -0.3 is 49.1 Å². The number of aliphatic carboxylic acids is 2. The highest BCUT2D eigenvalue weighted by atomic mass is 16.4. The third-order valence-electron chi connectivity index (χ3n) is 5.67. The molecule has 0 aromatic carbocycles. The molecule has 212 valence electrons. The van der Waals surface area contributed by atoms with Gasteiger partial charge in [0.05, 0.1) is 12.5 Å². The van der Waals surface area contributed by atoms with Crippen molar-refractivity contribution < 1.29 is 34.2 Å². The molecule has 0 aliphatic rings. The lowest BCUT2D eigenvalue weighted by Gasteiger charge is -2.28. The second-order valence-electron chi connectivity index (χ2n) is 8.77. The van der Waals surface area contributed by atoms with Gasteiger partial charge in [0, 0.05) is 6.54 Å². The van der Waals surface area contributed by atoms with Gasteiger partial charge in [-0.2, -0.15) is 0 Å². The van der Waals surface area contributed by atoms with Crippen LogP contribution < -0.4 is 38.9 Å².